The largest absolute Gasteiger partial charge is 0.393 e. The number of aliphatic hydroxyl groups excluding tert-OH is 1. The van der Waals surface area contributed by atoms with Crippen molar-refractivity contribution in [1.82, 2.24) is 0 Å². The summed E-state index contributed by atoms with van der Waals surface area (Å²) >= 11 is 0. The van der Waals surface area contributed by atoms with E-state index in [0.717, 1.165) is 18.3 Å². The molecule has 0 aliphatic heterocycles. The third-order valence-corrected chi connectivity index (χ3v) is 0.992. The summed E-state index contributed by atoms with van der Waals surface area (Å²) in [5, 5.41) is 8.36. The van der Waals surface area contributed by atoms with Gasteiger partial charge in [0.25, 0.3) is 0 Å². The van der Waals surface area contributed by atoms with Crippen LogP contribution in [-0.2, 0) is 4.79 Å². The molecule has 2 heteroatoms. The zero-order valence-electron chi connectivity index (χ0n) is 7.79. The predicted molar refractivity (Wildman–Crippen MR) is 47.5 cm³/mol. The molecule has 0 aromatic rings. The Morgan fingerprint density at radius 2 is 1.91 bits per heavy atom. The number of allylic oxidation sites excluding steroid dienone is 2. The summed E-state index contributed by atoms with van der Waals surface area (Å²) in [4.78, 5) is 9.54. The topological polar surface area (TPSA) is 37.3 Å². The molecular weight excluding hydrogens is 140 g/mol. The molecule has 0 fully saturated rings. The lowest BCUT2D eigenvalue weighted by Crippen LogP contribution is -1.93. The highest BCUT2D eigenvalue weighted by molar-refractivity contribution is 5.65. The number of aliphatic hydroxyl groups is 1. The van der Waals surface area contributed by atoms with Crippen molar-refractivity contribution in [2.24, 2.45) is 0 Å². The predicted octanol–water partition coefficient (Wildman–Crippen LogP) is 1.93. The summed E-state index contributed by atoms with van der Waals surface area (Å²) in [5.74, 6) is 0. The van der Waals surface area contributed by atoms with Crippen molar-refractivity contribution in [1.29, 1.82) is 0 Å². The Hall–Kier alpha value is -0.630. The van der Waals surface area contributed by atoms with E-state index in [0.29, 0.717) is 0 Å². The molecule has 0 spiro atoms. The highest BCUT2D eigenvalue weighted by Gasteiger charge is 1.81. The number of hydrogen-bond donors (Lipinski definition) is 1. The van der Waals surface area contributed by atoms with E-state index < -0.39 is 0 Å². The summed E-state index contributed by atoms with van der Waals surface area (Å²) in [7, 11) is 0. The maximum absolute atomic E-state index is 9.54. The second-order valence-corrected chi connectivity index (χ2v) is 2.64. The third kappa shape index (κ3) is 26.7. The van der Waals surface area contributed by atoms with Crippen LogP contribution in [-0.4, -0.2) is 17.5 Å². The Morgan fingerprint density at radius 1 is 1.55 bits per heavy atom. The lowest BCUT2D eigenvalue weighted by atomic mass is 10.3. The van der Waals surface area contributed by atoms with Gasteiger partial charge in [0.2, 0.25) is 0 Å². The molecule has 0 heterocycles. The summed E-state index contributed by atoms with van der Waals surface area (Å²) in [6.07, 6.45) is 3.06. The van der Waals surface area contributed by atoms with Crippen molar-refractivity contribution in [2.75, 3.05) is 0 Å². The number of aldehydes is 1. The molecule has 0 saturated heterocycles. The molecule has 2 nitrogen and oxygen atoms in total. The van der Waals surface area contributed by atoms with Gasteiger partial charge in [-0.25, -0.2) is 0 Å². The molecule has 0 rings (SSSR count). The first-order chi connectivity index (χ1) is 5.04. The van der Waals surface area contributed by atoms with Gasteiger partial charge < -0.3 is 5.11 Å². The minimum atomic E-state index is -0.116. The second-order valence-electron chi connectivity index (χ2n) is 2.64. The van der Waals surface area contributed by atoms with Gasteiger partial charge in [0, 0.05) is 0 Å². The zero-order valence-corrected chi connectivity index (χ0v) is 7.79. The third-order valence-electron chi connectivity index (χ3n) is 0.992. The van der Waals surface area contributed by atoms with Gasteiger partial charge >= 0.3 is 0 Å². The highest BCUT2D eigenvalue weighted by atomic mass is 16.3. The fourth-order valence-corrected chi connectivity index (χ4v) is 0.136. The molecule has 1 N–H and O–H groups in total. The van der Waals surface area contributed by atoms with E-state index in [-0.39, 0.29) is 6.10 Å². The number of carbonyl (C=O) groups excluding carboxylic acids is 1. The van der Waals surface area contributed by atoms with E-state index in [1.807, 2.05) is 20.8 Å². The number of hydrogen-bond acceptors (Lipinski definition) is 2. The Bertz CT molecular complexity index is 111. The van der Waals surface area contributed by atoms with E-state index in [2.05, 4.69) is 0 Å². The second kappa shape index (κ2) is 9.37. The molecule has 0 saturated carbocycles. The van der Waals surface area contributed by atoms with E-state index in [1.165, 1.54) is 6.08 Å². The molecule has 11 heavy (non-hydrogen) atoms. The highest BCUT2D eigenvalue weighted by Crippen LogP contribution is 1.82. The van der Waals surface area contributed by atoms with Crippen molar-refractivity contribution in [3.63, 3.8) is 0 Å². The van der Waals surface area contributed by atoms with Gasteiger partial charge in [-0.15, -0.1) is 0 Å². The van der Waals surface area contributed by atoms with E-state index in [9.17, 15) is 4.79 Å². The van der Waals surface area contributed by atoms with Crippen LogP contribution in [0.15, 0.2) is 11.6 Å². The Morgan fingerprint density at radius 3 is 1.91 bits per heavy atom. The molecule has 0 aliphatic carbocycles. The van der Waals surface area contributed by atoms with E-state index in [1.54, 1.807) is 6.92 Å². The van der Waals surface area contributed by atoms with Crippen molar-refractivity contribution >= 4 is 6.29 Å². The first-order valence-corrected chi connectivity index (χ1v) is 3.81. The summed E-state index contributed by atoms with van der Waals surface area (Å²) < 4.78 is 0. The molecular formula is C9H18O2. The summed E-state index contributed by atoms with van der Waals surface area (Å²) in [6, 6.07) is 0. The fraction of sp³-hybridized carbons (Fsp3) is 0.667. The minimum Gasteiger partial charge on any atom is -0.393 e. The van der Waals surface area contributed by atoms with Crippen LogP contribution in [0.4, 0.5) is 0 Å². The Kier molecular flexibility index (Phi) is 11.1. The van der Waals surface area contributed by atoms with Crippen LogP contribution < -0.4 is 0 Å². The summed E-state index contributed by atoms with van der Waals surface area (Å²) in [5.41, 5.74) is 1.05. The van der Waals surface area contributed by atoms with E-state index in [4.69, 9.17) is 5.11 Å². The van der Waals surface area contributed by atoms with Crippen molar-refractivity contribution in [3.05, 3.63) is 11.6 Å². The lowest BCUT2D eigenvalue weighted by molar-refractivity contribution is -0.104. The molecule has 0 bridgehead atoms. The Balaban J connectivity index is 0. The van der Waals surface area contributed by atoms with Crippen LogP contribution in [0, 0.1) is 0 Å². The van der Waals surface area contributed by atoms with Gasteiger partial charge in [-0.3, -0.25) is 4.79 Å². The van der Waals surface area contributed by atoms with Crippen LogP contribution in [0.3, 0.4) is 0 Å². The molecule has 0 radical (unpaired) electrons. The van der Waals surface area contributed by atoms with Crippen LogP contribution in [0.5, 0.6) is 0 Å². The first-order valence-electron chi connectivity index (χ1n) is 3.81. The van der Waals surface area contributed by atoms with Crippen molar-refractivity contribution in [2.45, 2.75) is 40.2 Å². The molecule has 66 valence electrons. The number of rotatable bonds is 2. The average Bonchev–Trinajstić information content (AvgIpc) is 1.89. The van der Waals surface area contributed by atoms with Crippen LogP contribution in [0.2, 0.25) is 0 Å². The Labute approximate surface area is 68.9 Å². The smallest absolute Gasteiger partial charge is 0.142 e. The molecule has 0 aromatic carbocycles. The SMILES string of the molecule is CC(C)=CC=O.CCC(C)O. The molecule has 0 aliphatic rings. The normalized spacial score (nSPS) is 10.6. The van der Waals surface area contributed by atoms with Crippen molar-refractivity contribution < 1.29 is 9.90 Å². The zero-order chi connectivity index (χ0) is 9.28. The van der Waals surface area contributed by atoms with Crippen LogP contribution in [0.1, 0.15) is 34.1 Å². The quantitative estimate of drug-likeness (QED) is 0.492. The minimum absolute atomic E-state index is 0.116. The molecule has 0 aromatic heterocycles. The summed E-state index contributed by atoms with van der Waals surface area (Å²) in [6.45, 7) is 7.49. The van der Waals surface area contributed by atoms with Crippen LogP contribution >= 0.6 is 0 Å². The van der Waals surface area contributed by atoms with Crippen molar-refractivity contribution in [3.8, 4) is 0 Å². The monoisotopic (exact) mass is 158 g/mol. The van der Waals surface area contributed by atoms with Gasteiger partial charge in [-0.2, -0.15) is 0 Å². The van der Waals surface area contributed by atoms with Gasteiger partial charge in [0.05, 0.1) is 6.10 Å². The van der Waals surface area contributed by atoms with Gasteiger partial charge in [0.1, 0.15) is 6.29 Å². The van der Waals surface area contributed by atoms with E-state index >= 15 is 0 Å². The van der Waals surface area contributed by atoms with Gasteiger partial charge in [0.15, 0.2) is 0 Å². The molecule has 1 atom stereocenters. The van der Waals surface area contributed by atoms with Crippen LogP contribution in [0.25, 0.3) is 0 Å². The number of carbonyl (C=O) groups is 1. The lowest BCUT2D eigenvalue weighted by Gasteiger charge is -1.90. The maximum atomic E-state index is 9.54. The average molecular weight is 158 g/mol. The standard InChI is InChI=1S/C5H8O.C4H10O/c1-5(2)3-4-6;1-3-4(2)5/h3-4H,1-2H3;4-5H,3H2,1-2H3. The molecule has 1 unspecified atom stereocenters. The van der Waals surface area contributed by atoms with Gasteiger partial charge in [-0.05, 0) is 33.3 Å². The molecule has 0 amide bonds. The first kappa shape index (κ1) is 13.0. The fourth-order valence-electron chi connectivity index (χ4n) is 0.136. The maximum Gasteiger partial charge on any atom is 0.142 e. The van der Waals surface area contributed by atoms with Gasteiger partial charge in [-0.1, -0.05) is 12.5 Å².